The molecule has 0 aromatic heterocycles. The number of ether oxygens (including phenoxy) is 1. The van der Waals surface area contributed by atoms with Gasteiger partial charge in [-0.25, -0.2) is 4.79 Å². The summed E-state index contributed by atoms with van der Waals surface area (Å²) in [5, 5.41) is 3.02. The van der Waals surface area contributed by atoms with Crippen LogP contribution in [0.4, 0.5) is 5.69 Å². The molecule has 0 bridgehead atoms. The van der Waals surface area contributed by atoms with Gasteiger partial charge >= 0.3 is 5.97 Å². The van der Waals surface area contributed by atoms with E-state index in [1.807, 2.05) is 31.2 Å². The van der Waals surface area contributed by atoms with Gasteiger partial charge in [0, 0.05) is 13.1 Å². The van der Waals surface area contributed by atoms with Crippen LogP contribution in [0.5, 0.6) is 0 Å². The molecule has 0 saturated heterocycles. The molecule has 0 aliphatic rings. The molecule has 2 rings (SSSR count). The van der Waals surface area contributed by atoms with Crippen LogP contribution in [-0.2, 0) is 19.1 Å². The van der Waals surface area contributed by atoms with Crippen LogP contribution in [0.1, 0.15) is 11.1 Å². The van der Waals surface area contributed by atoms with Gasteiger partial charge in [0.05, 0.1) is 17.3 Å². The molecule has 0 radical (unpaired) electrons. The Morgan fingerprint density at radius 1 is 1.11 bits per heavy atom. The lowest BCUT2D eigenvalue weighted by atomic mass is 10.1. The molecule has 0 saturated carbocycles. The second-order valence-corrected chi connectivity index (χ2v) is 6.54. The Morgan fingerprint density at radius 2 is 1.79 bits per heavy atom. The van der Waals surface area contributed by atoms with Crippen LogP contribution in [0.25, 0.3) is 6.08 Å². The van der Waals surface area contributed by atoms with E-state index in [0.717, 1.165) is 11.1 Å². The van der Waals surface area contributed by atoms with Crippen molar-refractivity contribution in [2.45, 2.75) is 6.92 Å². The molecule has 0 fully saturated rings. The maximum absolute atomic E-state index is 12.0. The Hall–Kier alpha value is -3.12. The second kappa shape index (κ2) is 10.3. The minimum Gasteiger partial charge on any atom is -0.452 e. The van der Waals surface area contributed by atoms with Gasteiger partial charge in [-0.1, -0.05) is 53.6 Å². The molecule has 0 unspecified atom stereocenters. The molecule has 0 atom stereocenters. The molecule has 7 heteroatoms. The van der Waals surface area contributed by atoms with Gasteiger partial charge in [0.1, 0.15) is 0 Å². The number of hydrogen-bond acceptors (Lipinski definition) is 4. The molecule has 0 aliphatic heterocycles. The van der Waals surface area contributed by atoms with Crippen molar-refractivity contribution in [3.63, 3.8) is 0 Å². The van der Waals surface area contributed by atoms with Crippen LogP contribution < -0.4 is 5.32 Å². The average Bonchev–Trinajstić information content (AvgIpc) is 2.67. The van der Waals surface area contributed by atoms with E-state index >= 15 is 0 Å². The summed E-state index contributed by atoms with van der Waals surface area (Å²) in [6, 6.07) is 14.4. The highest BCUT2D eigenvalue weighted by molar-refractivity contribution is 6.33. The number of halogens is 1. The van der Waals surface area contributed by atoms with Gasteiger partial charge in [0.2, 0.25) is 5.91 Å². The van der Waals surface area contributed by atoms with E-state index in [0.29, 0.717) is 10.7 Å². The fourth-order valence-corrected chi connectivity index (χ4v) is 2.37. The van der Waals surface area contributed by atoms with E-state index in [1.54, 1.807) is 30.3 Å². The fourth-order valence-electron chi connectivity index (χ4n) is 2.19. The summed E-state index contributed by atoms with van der Waals surface area (Å²) in [4.78, 5) is 37.0. The lowest BCUT2D eigenvalue weighted by Crippen LogP contribution is -2.37. The standard InChI is InChI=1S/C21H21ClN2O4/c1-15-7-9-16(10-8-15)11-12-21(27)28-14-20(26)24(2)13-19(25)23-18-6-4-3-5-17(18)22/h3-12H,13-14H2,1-2H3,(H,23,25)/b12-11+. The number of amides is 2. The molecule has 1 N–H and O–H groups in total. The van der Waals surface area contributed by atoms with Gasteiger partial charge in [0.25, 0.3) is 5.91 Å². The molecule has 2 amide bonds. The normalized spacial score (nSPS) is 10.5. The number of esters is 1. The predicted octanol–water partition coefficient (Wildman–Crippen LogP) is 3.30. The molecular formula is C21H21ClN2O4. The SMILES string of the molecule is Cc1ccc(/C=C/C(=O)OCC(=O)N(C)CC(=O)Nc2ccccc2Cl)cc1. The van der Waals surface area contributed by atoms with Crippen molar-refractivity contribution >= 4 is 41.1 Å². The van der Waals surface area contributed by atoms with Gasteiger partial charge in [-0.15, -0.1) is 0 Å². The first-order valence-corrected chi connectivity index (χ1v) is 8.93. The molecule has 28 heavy (non-hydrogen) atoms. The van der Waals surface area contributed by atoms with E-state index < -0.39 is 24.4 Å². The number of nitrogens with zero attached hydrogens (tertiary/aromatic N) is 1. The minimum absolute atomic E-state index is 0.194. The predicted molar refractivity (Wildman–Crippen MR) is 109 cm³/mol. The van der Waals surface area contributed by atoms with Crippen molar-refractivity contribution in [3.05, 3.63) is 70.8 Å². The fraction of sp³-hybridized carbons (Fsp3) is 0.190. The Morgan fingerprint density at radius 3 is 2.46 bits per heavy atom. The van der Waals surface area contributed by atoms with Crippen LogP contribution in [-0.4, -0.2) is 42.9 Å². The summed E-state index contributed by atoms with van der Waals surface area (Å²) in [5.74, 6) is -1.54. The number of carbonyl (C=O) groups excluding carboxylic acids is 3. The molecule has 146 valence electrons. The quantitative estimate of drug-likeness (QED) is 0.571. The Kier molecular flexibility index (Phi) is 7.77. The van der Waals surface area contributed by atoms with Crippen LogP contribution in [0.3, 0.4) is 0 Å². The zero-order valence-electron chi connectivity index (χ0n) is 15.6. The highest BCUT2D eigenvalue weighted by atomic mass is 35.5. The van der Waals surface area contributed by atoms with Gasteiger partial charge in [-0.2, -0.15) is 0 Å². The number of hydrogen-bond donors (Lipinski definition) is 1. The van der Waals surface area contributed by atoms with Crippen molar-refractivity contribution in [2.75, 3.05) is 25.5 Å². The summed E-state index contributed by atoms with van der Waals surface area (Å²) in [5.41, 5.74) is 2.43. The van der Waals surface area contributed by atoms with Crippen LogP contribution >= 0.6 is 11.6 Å². The third-order valence-electron chi connectivity index (χ3n) is 3.78. The first kappa shape index (κ1) is 21.2. The highest BCUT2D eigenvalue weighted by Gasteiger charge is 2.15. The molecular weight excluding hydrogens is 380 g/mol. The van der Waals surface area contributed by atoms with Crippen molar-refractivity contribution in [1.29, 1.82) is 0 Å². The average molecular weight is 401 g/mol. The highest BCUT2D eigenvalue weighted by Crippen LogP contribution is 2.20. The first-order chi connectivity index (χ1) is 13.3. The molecule has 2 aromatic carbocycles. The van der Waals surface area contributed by atoms with Crippen molar-refractivity contribution in [3.8, 4) is 0 Å². The number of para-hydroxylation sites is 1. The number of aryl methyl sites for hydroxylation is 1. The molecule has 2 aromatic rings. The van der Waals surface area contributed by atoms with Crippen molar-refractivity contribution in [1.82, 2.24) is 4.90 Å². The third kappa shape index (κ3) is 6.89. The summed E-state index contributed by atoms with van der Waals surface area (Å²) < 4.78 is 4.92. The maximum atomic E-state index is 12.0. The lowest BCUT2D eigenvalue weighted by molar-refractivity contribution is -0.148. The van der Waals surface area contributed by atoms with Crippen molar-refractivity contribution in [2.24, 2.45) is 0 Å². The third-order valence-corrected chi connectivity index (χ3v) is 4.11. The lowest BCUT2D eigenvalue weighted by Gasteiger charge is -2.16. The van der Waals surface area contributed by atoms with E-state index in [9.17, 15) is 14.4 Å². The van der Waals surface area contributed by atoms with Gasteiger partial charge in [-0.05, 0) is 30.7 Å². The molecule has 0 aliphatic carbocycles. The largest absolute Gasteiger partial charge is 0.452 e. The second-order valence-electron chi connectivity index (χ2n) is 6.13. The Labute approximate surface area is 168 Å². The number of rotatable bonds is 7. The van der Waals surface area contributed by atoms with Gasteiger partial charge in [-0.3, -0.25) is 9.59 Å². The monoisotopic (exact) mass is 400 g/mol. The van der Waals surface area contributed by atoms with E-state index in [2.05, 4.69) is 5.32 Å². The smallest absolute Gasteiger partial charge is 0.331 e. The van der Waals surface area contributed by atoms with E-state index in [-0.39, 0.29) is 6.54 Å². The number of nitrogens with one attached hydrogen (secondary N) is 1. The van der Waals surface area contributed by atoms with E-state index in [1.165, 1.54) is 18.0 Å². The number of anilines is 1. The molecule has 0 heterocycles. The zero-order chi connectivity index (χ0) is 20.5. The number of likely N-dealkylation sites (N-methyl/N-ethyl adjacent to an activating group) is 1. The molecule has 6 nitrogen and oxygen atoms in total. The number of benzene rings is 2. The van der Waals surface area contributed by atoms with Crippen molar-refractivity contribution < 1.29 is 19.1 Å². The molecule has 0 spiro atoms. The van der Waals surface area contributed by atoms with Crippen LogP contribution in [0.2, 0.25) is 5.02 Å². The summed E-state index contributed by atoms with van der Waals surface area (Å²) in [6.07, 6.45) is 2.86. The Balaban J connectivity index is 1.77. The van der Waals surface area contributed by atoms with Gasteiger partial charge < -0.3 is 15.0 Å². The summed E-state index contributed by atoms with van der Waals surface area (Å²) >= 11 is 5.97. The summed E-state index contributed by atoms with van der Waals surface area (Å²) in [6.45, 7) is 1.33. The first-order valence-electron chi connectivity index (χ1n) is 8.55. The topological polar surface area (TPSA) is 75.7 Å². The maximum Gasteiger partial charge on any atom is 0.331 e. The van der Waals surface area contributed by atoms with Crippen LogP contribution in [0.15, 0.2) is 54.6 Å². The van der Waals surface area contributed by atoms with Crippen LogP contribution in [0, 0.1) is 6.92 Å². The zero-order valence-corrected chi connectivity index (χ0v) is 16.4. The Bertz CT molecular complexity index is 878. The van der Waals surface area contributed by atoms with Gasteiger partial charge in [0.15, 0.2) is 6.61 Å². The van der Waals surface area contributed by atoms with E-state index in [4.69, 9.17) is 16.3 Å². The number of carbonyl (C=O) groups is 3. The minimum atomic E-state index is -0.636. The summed E-state index contributed by atoms with van der Waals surface area (Å²) in [7, 11) is 1.45.